The molecule has 1 heterocycles. The predicted octanol–water partition coefficient (Wildman–Crippen LogP) is 6.01. The lowest BCUT2D eigenvalue weighted by Gasteiger charge is -2.22. The molecule has 110 valence electrons. The molecule has 0 saturated heterocycles. The molecular formula is C15H10Br2Cl2O2. The van der Waals surface area contributed by atoms with Gasteiger partial charge in [0.2, 0.25) is 0 Å². The van der Waals surface area contributed by atoms with Gasteiger partial charge in [-0.1, -0.05) is 55.1 Å². The Labute approximate surface area is 149 Å². The van der Waals surface area contributed by atoms with Crippen LogP contribution in [0.25, 0.3) is 0 Å². The maximum atomic E-state index is 6.38. The Morgan fingerprint density at radius 2 is 1.52 bits per heavy atom. The molecule has 2 nitrogen and oxygen atoms in total. The highest BCUT2D eigenvalue weighted by atomic mass is 79.9. The SMILES string of the molecule is Clc1ccc(Br)cc1C(Br)c1cc2c(cc1Cl)OCCO2. The van der Waals surface area contributed by atoms with Gasteiger partial charge in [0.05, 0.1) is 4.83 Å². The van der Waals surface area contributed by atoms with E-state index < -0.39 is 0 Å². The average molecular weight is 453 g/mol. The third-order valence-corrected chi connectivity index (χ3v) is 5.32. The number of hydrogen-bond donors (Lipinski definition) is 0. The fraction of sp³-hybridized carbons (Fsp3) is 0.200. The number of hydrogen-bond acceptors (Lipinski definition) is 2. The van der Waals surface area contributed by atoms with Crippen LogP contribution in [0, 0.1) is 0 Å². The lowest BCUT2D eigenvalue weighted by Crippen LogP contribution is -2.15. The normalized spacial score (nSPS) is 14.9. The van der Waals surface area contributed by atoms with Gasteiger partial charge in [0, 0.05) is 20.6 Å². The molecular weight excluding hydrogens is 443 g/mol. The van der Waals surface area contributed by atoms with Crippen LogP contribution in [0.1, 0.15) is 16.0 Å². The van der Waals surface area contributed by atoms with Crippen LogP contribution < -0.4 is 9.47 Å². The lowest BCUT2D eigenvalue weighted by molar-refractivity contribution is 0.171. The van der Waals surface area contributed by atoms with E-state index >= 15 is 0 Å². The summed E-state index contributed by atoms with van der Waals surface area (Å²) in [4.78, 5) is -0.133. The van der Waals surface area contributed by atoms with Gasteiger partial charge in [0.25, 0.3) is 0 Å². The van der Waals surface area contributed by atoms with E-state index in [4.69, 9.17) is 32.7 Å². The molecule has 3 rings (SSSR count). The van der Waals surface area contributed by atoms with Crippen molar-refractivity contribution in [2.24, 2.45) is 0 Å². The number of rotatable bonds is 2. The second-order valence-electron chi connectivity index (χ2n) is 4.55. The van der Waals surface area contributed by atoms with Crippen LogP contribution >= 0.6 is 55.1 Å². The van der Waals surface area contributed by atoms with Crippen molar-refractivity contribution in [3.63, 3.8) is 0 Å². The molecule has 0 bridgehead atoms. The van der Waals surface area contributed by atoms with E-state index in [0.717, 1.165) is 15.6 Å². The molecule has 0 fully saturated rings. The van der Waals surface area contributed by atoms with Crippen molar-refractivity contribution < 1.29 is 9.47 Å². The van der Waals surface area contributed by atoms with E-state index in [0.29, 0.717) is 34.8 Å². The van der Waals surface area contributed by atoms with Crippen LogP contribution in [0.4, 0.5) is 0 Å². The summed E-state index contributed by atoms with van der Waals surface area (Å²) < 4.78 is 12.1. The van der Waals surface area contributed by atoms with Crippen molar-refractivity contribution >= 4 is 55.1 Å². The molecule has 0 saturated carbocycles. The summed E-state index contributed by atoms with van der Waals surface area (Å²) in [5, 5.41) is 1.28. The summed E-state index contributed by atoms with van der Waals surface area (Å²) in [6.07, 6.45) is 0. The minimum absolute atomic E-state index is 0.133. The highest BCUT2D eigenvalue weighted by molar-refractivity contribution is 9.10. The predicted molar refractivity (Wildman–Crippen MR) is 92.4 cm³/mol. The molecule has 0 N–H and O–H groups in total. The maximum absolute atomic E-state index is 6.38. The van der Waals surface area contributed by atoms with E-state index in [9.17, 15) is 0 Å². The molecule has 2 aromatic rings. The van der Waals surface area contributed by atoms with Crippen molar-refractivity contribution in [3.8, 4) is 11.5 Å². The highest BCUT2D eigenvalue weighted by Gasteiger charge is 2.21. The Hall–Kier alpha value is -0.420. The van der Waals surface area contributed by atoms with Crippen LogP contribution in [0.15, 0.2) is 34.8 Å². The second-order valence-corrected chi connectivity index (χ2v) is 7.19. The number of alkyl halides is 1. The molecule has 0 amide bonds. The monoisotopic (exact) mass is 450 g/mol. The first kappa shape index (κ1) is 15.5. The summed E-state index contributed by atoms with van der Waals surface area (Å²) in [6.45, 7) is 1.08. The van der Waals surface area contributed by atoms with Gasteiger partial charge in [-0.05, 0) is 35.4 Å². The zero-order chi connectivity index (χ0) is 15.0. The minimum Gasteiger partial charge on any atom is -0.486 e. The lowest BCUT2D eigenvalue weighted by atomic mass is 10.0. The van der Waals surface area contributed by atoms with Crippen LogP contribution in [-0.4, -0.2) is 13.2 Å². The molecule has 6 heteroatoms. The van der Waals surface area contributed by atoms with Crippen molar-refractivity contribution in [2.75, 3.05) is 13.2 Å². The summed E-state index contributed by atoms with van der Waals surface area (Å²) in [5.74, 6) is 1.38. The molecule has 1 aliphatic rings. The van der Waals surface area contributed by atoms with E-state index in [2.05, 4.69) is 31.9 Å². The average Bonchev–Trinajstić information content (AvgIpc) is 2.48. The third kappa shape index (κ3) is 3.19. The molecule has 1 aliphatic heterocycles. The van der Waals surface area contributed by atoms with Gasteiger partial charge in [-0.2, -0.15) is 0 Å². The zero-order valence-electron chi connectivity index (χ0n) is 10.7. The van der Waals surface area contributed by atoms with E-state index in [1.807, 2.05) is 24.3 Å². The molecule has 21 heavy (non-hydrogen) atoms. The van der Waals surface area contributed by atoms with Crippen LogP contribution in [0.2, 0.25) is 10.0 Å². The first-order chi connectivity index (χ1) is 10.1. The first-order valence-electron chi connectivity index (χ1n) is 6.24. The van der Waals surface area contributed by atoms with Crippen molar-refractivity contribution in [3.05, 3.63) is 56.0 Å². The van der Waals surface area contributed by atoms with Crippen molar-refractivity contribution in [1.82, 2.24) is 0 Å². The van der Waals surface area contributed by atoms with Gasteiger partial charge in [-0.25, -0.2) is 0 Å². The molecule has 1 atom stereocenters. The van der Waals surface area contributed by atoms with Gasteiger partial charge in [0.15, 0.2) is 11.5 Å². The topological polar surface area (TPSA) is 18.5 Å². The fourth-order valence-electron chi connectivity index (χ4n) is 2.15. The van der Waals surface area contributed by atoms with Gasteiger partial charge < -0.3 is 9.47 Å². The Morgan fingerprint density at radius 1 is 0.905 bits per heavy atom. The van der Waals surface area contributed by atoms with Crippen LogP contribution in [0.3, 0.4) is 0 Å². The third-order valence-electron chi connectivity index (χ3n) is 3.17. The first-order valence-corrected chi connectivity index (χ1v) is 8.71. The number of benzene rings is 2. The molecule has 2 aromatic carbocycles. The van der Waals surface area contributed by atoms with E-state index in [1.165, 1.54) is 0 Å². The van der Waals surface area contributed by atoms with Crippen molar-refractivity contribution in [2.45, 2.75) is 4.83 Å². The Balaban J connectivity index is 2.05. The Bertz CT molecular complexity index is 692. The smallest absolute Gasteiger partial charge is 0.162 e. The highest BCUT2D eigenvalue weighted by Crippen LogP contribution is 2.44. The molecule has 0 radical (unpaired) electrons. The zero-order valence-corrected chi connectivity index (χ0v) is 15.4. The number of fused-ring (bicyclic) bond motifs is 1. The van der Waals surface area contributed by atoms with Gasteiger partial charge >= 0.3 is 0 Å². The minimum atomic E-state index is -0.133. The fourth-order valence-corrected chi connectivity index (χ4v) is 4.04. The van der Waals surface area contributed by atoms with Gasteiger partial charge in [-0.15, -0.1) is 0 Å². The molecule has 0 spiro atoms. The van der Waals surface area contributed by atoms with Gasteiger partial charge in [0.1, 0.15) is 13.2 Å². The van der Waals surface area contributed by atoms with E-state index in [1.54, 1.807) is 6.07 Å². The van der Waals surface area contributed by atoms with E-state index in [-0.39, 0.29) is 4.83 Å². The largest absolute Gasteiger partial charge is 0.486 e. The summed E-state index contributed by atoms with van der Waals surface area (Å²) >= 11 is 19.8. The maximum Gasteiger partial charge on any atom is 0.162 e. The van der Waals surface area contributed by atoms with Crippen molar-refractivity contribution in [1.29, 1.82) is 0 Å². The number of ether oxygens (including phenoxy) is 2. The summed E-state index contributed by atoms with van der Waals surface area (Å²) in [5.41, 5.74) is 1.82. The standard InChI is InChI=1S/C15H10Br2Cl2O2/c16-8-1-2-11(18)9(5-8)15(17)10-6-13-14(7-12(10)19)21-4-3-20-13/h1-2,5-7,15H,3-4H2. The molecule has 1 unspecified atom stereocenters. The summed E-state index contributed by atoms with van der Waals surface area (Å²) in [7, 11) is 0. The molecule has 0 aromatic heterocycles. The second kappa shape index (κ2) is 6.37. The van der Waals surface area contributed by atoms with Gasteiger partial charge in [-0.3, -0.25) is 0 Å². The number of halogens is 4. The Kier molecular flexibility index (Phi) is 4.69. The van der Waals surface area contributed by atoms with Crippen LogP contribution in [-0.2, 0) is 0 Å². The molecule has 0 aliphatic carbocycles. The van der Waals surface area contributed by atoms with Crippen LogP contribution in [0.5, 0.6) is 11.5 Å². The Morgan fingerprint density at radius 3 is 2.24 bits per heavy atom. The quantitative estimate of drug-likeness (QED) is 0.519. The summed E-state index contributed by atoms with van der Waals surface area (Å²) in [6, 6.07) is 9.39.